The Morgan fingerprint density at radius 3 is 2.49 bits per heavy atom. The van der Waals surface area contributed by atoms with Crippen LogP contribution in [0.25, 0.3) is 0 Å². The molecule has 0 spiro atoms. The number of alkyl halides is 3. The van der Waals surface area contributed by atoms with Gasteiger partial charge in [0.2, 0.25) is 5.43 Å². The minimum Gasteiger partial charge on any atom is -0.503 e. The SMILES string of the molecule is Cc1cc(F)c(CNC(=O)c2cn3c(c(O)c2=O)C(=O)N(CC(F)(F)F)[C@@H]2COCC[C@H]23)c(F)c1. The Morgan fingerprint density at radius 1 is 1.20 bits per heavy atom. The van der Waals surface area contributed by atoms with Crippen molar-refractivity contribution >= 4 is 11.8 Å². The highest BCUT2D eigenvalue weighted by Gasteiger charge is 2.47. The molecule has 0 aliphatic carbocycles. The summed E-state index contributed by atoms with van der Waals surface area (Å²) in [6.45, 7) is -0.829. The second-order valence-corrected chi connectivity index (χ2v) is 8.41. The molecule has 1 aromatic carbocycles. The molecule has 2 aliphatic heterocycles. The van der Waals surface area contributed by atoms with Crippen molar-refractivity contribution in [3.63, 3.8) is 0 Å². The van der Waals surface area contributed by atoms with Crippen LogP contribution in [-0.2, 0) is 11.3 Å². The first-order chi connectivity index (χ1) is 16.4. The molecule has 2 aliphatic rings. The van der Waals surface area contributed by atoms with E-state index in [1.54, 1.807) is 0 Å². The monoisotopic (exact) mass is 501 g/mol. The van der Waals surface area contributed by atoms with E-state index in [9.17, 15) is 41.4 Å². The van der Waals surface area contributed by atoms with Crippen LogP contribution in [0.4, 0.5) is 22.0 Å². The zero-order chi connectivity index (χ0) is 25.7. The van der Waals surface area contributed by atoms with Gasteiger partial charge in [-0.15, -0.1) is 0 Å². The molecule has 188 valence electrons. The lowest BCUT2D eigenvalue weighted by atomic mass is 9.95. The van der Waals surface area contributed by atoms with Gasteiger partial charge in [-0.2, -0.15) is 13.2 Å². The number of nitrogens with zero attached hydrogens (tertiary/aromatic N) is 2. The van der Waals surface area contributed by atoms with E-state index in [1.807, 2.05) is 0 Å². The molecule has 2 atom stereocenters. The molecule has 4 rings (SSSR count). The number of aromatic nitrogens is 1. The third kappa shape index (κ3) is 4.59. The first-order valence-corrected chi connectivity index (χ1v) is 10.6. The average Bonchev–Trinajstić information content (AvgIpc) is 2.76. The van der Waals surface area contributed by atoms with Gasteiger partial charge in [0.25, 0.3) is 11.8 Å². The quantitative estimate of drug-likeness (QED) is 0.627. The molecule has 13 heteroatoms. The third-order valence-electron chi connectivity index (χ3n) is 6.03. The molecular formula is C22H20F5N3O5. The van der Waals surface area contributed by atoms with Gasteiger partial charge in [0.15, 0.2) is 11.4 Å². The minimum absolute atomic E-state index is 0.134. The molecule has 35 heavy (non-hydrogen) atoms. The molecule has 0 bridgehead atoms. The highest BCUT2D eigenvalue weighted by Crippen LogP contribution is 2.36. The Bertz CT molecular complexity index is 1240. The van der Waals surface area contributed by atoms with E-state index in [2.05, 4.69) is 5.32 Å². The number of nitrogens with one attached hydrogen (secondary N) is 1. The van der Waals surface area contributed by atoms with E-state index in [4.69, 9.17) is 4.74 Å². The highest BCUT2D eigenvalue weighted by atomic mass is 19.4. The fraction of sp³-hybridized carbons (Fsp3) is 0.409. The van der Waals surface area contributed by atoms with Crippen LogP contribution in [0, 0.1) is 18.6 Å². The Labute approximate surface area is 194 Å². The summed E-state index contributed by atoms with van der Waals surface area (Å²) < 4.78 is 73.9. The van der Waals surface area contributed by atoms with Gasteiger partial charge in [-0.1, -0.05) is 0 Å². The summed E-state index contributed by atoms with van der Waals surface area (Å²) in [7, 11) is 0. The molecule has 1 saturated heterocycles. The lowest BCUT2D eigenvalue weighted by Gasteiger charge is -2.45. The number of carbonyl (C=O) groups is 2. The van der Waals surface area contributed by atoms with E-state index in [-0.39, 0.29) is 19.6 Å². The summed E-state index contributed by atoms with van der Waals surface area (Å²) in [4.78, 5) is 38.8. The van der Waals surface area contributed by atoms with Crippen LogP contribution in [0.3, 0.4) is 0 Å². The summed E-state index contributed by atoms with van der Waals surface area (Å²) in [5.41, 5.74) is -2.74. The van der Waals surface area contributed by atoms with Crippen molar-refractivity contribution in [3.05, 3.63) is 62.6 Å². The lowest BCUT2D eigenvalue weighted by Crippen LogP contribution is -2.57. The largest absolute Gasteiger partial charge is 0.503 e. The number of carbonyl (C=O) groups excluding carboxylic acids is 2. The van der Waals surface area contributed by atoms with Crippen molar-refractivity contribution in [2.75, 3.05) is 19.8 Å². The van der Waals surface area contributed by atoms with Crippen molar-refractivity contribution in [1.29, 1.82) is 0 Å². The Morgan fingerprint density at radius 2 is 1.86 bits per heavy atom. The number of fused-ring (bicyclic) bond motifs is 3. The smallest absolute Gasteiger partial charge is 0.406 e. The second kappa shape index (κ2) is 8.95. The van der Waals surface area contributed by atoms with Crippen molar-refractivity contribution in [2.24, 2.45) is 0 Å². The number of amides is 2. The topological polar surface area (TPSA) is 101 Å². The molecule has 0 saturated carbocycles. The van der Waals surface area contributed by atoms with Crippen molar-refractivity contribution < 1.29 is 41.4 Å². The summed E-state index contributed by atoms with van der Waals surface area (Å²) >= 11 is 0. The molecule has 1 fully saturated rings. The fourth-order valence-electron chi connectivity index (χ4n) is 4.42. The Balaban J connectivity index is 1.70. The van der Waals surface area contributed by atoms with Crippen LogP contribution in [0.5, 0.6) is 5.75 Å². The predicted molar refractivity (Wildman–Crippen MR) is 110 cm³/mol. The molecule has 8 nitrogen and oxygen atoms in total. The molecule has 0 unspecified atom stereocenters. The number of ether oxygens (including phenoxy) is 1. The van der Waals surface area contributed by atoms with Gasteiger partial charge in [-0.05, 0) is 31.0 Å². The van der Waals surface area contributed by atoms with Gasteiger partial charge in [0.05, 0.1) is 18.7 Å². The summed E-state index contributed by atoms with van der Waals surface area (Å²) in [5, 5.41) is 12.7. The van der Waals surface area contributed by atoms with Gasteiger partial charge in [0, 0.05) is 24.9 Å². The van der Waals surface area contributed by atoms with E-state index >= 15 is 0 Å². The van der Waals surface area contributed by atoms with Crippen molar-refractivity contribution in [1.82, 2.24) is 14.8 Å². The van der Waals surface area contributed by atoms with E-state index in [0.29, 0.717) is 10.5 Å². The number of hydrogen-bond donors (Lipinski definition) is 2. The van der Waals surface area contributed by atoms with Crippen LogP contribution >= 0.6 is 0 Å². The van der Waals surface area contributed by atoms with Crippen molar-refractivity contribution in [3.8, 4) is 5.75 Å². The normalized spacial score (nSPS) is 19.8. The van der Waals surface area contributed by atoms with Gasteiger partial charge in [-0.25, -0.2) is 8.78 Å². The van der Waals surface area contributed by atoms with Crippen LogP contribution < -0.4 is 10.7 Å². The number of halogens is 5. The number of pyridine rings is 1. The maximum Gasteiger partial charge on any atom is 0.406 e. The Hall–Kier alpha value is -3.48. The molecular weight excluding hydrogens is 481 g/mol. The fourth-order valence-corrected chi connectivity index (χ4v) is 4.42. The summed E-state index contributed by atoms with van der Waals surface area (Å²) in [6, 6.07) is 0.254. The van der Waals surface area contributed by atoms with Gasteiger partial charge >= 0.3 is 6.18 Å². The van der Waals surface area contributed by atoms with Crippen LogP contribution in [-0.4, -0.2) is 58.4 Å². The molecule has 2 aromatic rings. The number of hydrogen-bond acceptors (Lipinski definition) is 5. The number of aryl methyl sites for hydroxylation is 1. The van der Waals surface area contributed by atoms with Crippen LogP contribution in [0.15, 0.2) is 23.1 Å². The number of rotatable bonds is 4. The van der Waals surface area contributed by atoms with E-state index < -0.39 is 82.8 Å². The highest BCUT2D eigenvalue weighted by molar-refractivity contribution is 5.99. The molecule has 3 heterocycles. The predicted octanol–water partition coefficient (Wildman–Crippen LogP) is 2.42. The van der Waals surface area contributed by atoms with Gasteiger partial charge in [-0.3, -0.25) is 14.4 Å². The lowest BCUT2D eigenvalue weighted by molar-refractivity contribution is -0.153. The van der Waals surface area contributed by atoms with E-state index in [1.165, 1.54) is 6.92 Å². The summed E-state index contributed by atoms with van der Waals surface area (Å²) in [6.07, 6.45) is -3.63. The zero-order valence-electron chi connectivity index (χ0n) is 18.3. The number of benzene rings is 1. The first-order valence-electron chi connectivity index (χ1n) is 10.6. The minimum atomic E-state index is -4.74. The standard InChI is InChI=1S/C22H20F5N3O5/c1-10-4-13(23)11(14(24)5-10)6-28-20(33)12-7-29-15-2-3-35-8-16(15)30(9-22(25,26)27)21(34)17(29)19(32)18(12)31/h4-5,7,15-16,32H,2-3,6,8-9H2,1H3,(H,28,33)/t15-,16-/m1/s1. The molecule has 2 N–H and O–H groups in total. The van der Waals surface area contributed by atoms with Crippen LogP contribution in [0.1, 0.15) is 44.4 Å². The van der Waals surface area contributed by atoms with Crippen LogP contribution in [0.2, 0.25) is 0 Å². The number of aromatic hydroxyl groups is 1. The first kappa shape index (κ1) is 24.6. The Kier molecular flexibility index (Phi) is 6.30. The molecule has 1 aromatic heterocycles. The van der Waals surface area contributed by atoms with Gasteiger partial charge < -0.3 is 24.6 Å². The molecule has 0 radical (unpaired) electrons. The maximum atomic E-state index is 14.1. The maximum absolute atomic E-state index is 14.1. The zero-order valence-corrected chi connectivity index (χ0v) is 18.3. The van der Waals surface area contributed by atoms with Gasteiger partial charge in [0.1, 0.15) is 23.7 Å². The second-order valence-electron chi connectivity index (χ2n) is 8.41. The average molecular weight is 501 g/mol. The third-order valence-corrected chi connectivity index (χ3v) is 6.03. The van der Waals surface area contributed by atoms with E-state index in [0.717, 1.165) is 22.9 Å². The summed E-state index contributed by atoms with van der Waals surface area (Å²) in [5.74, 6) is -5.33. The molecule has 2 amide bonds. The van der Waals surface area contributed by atoms with Crippen molar-refractivity contribution in [2.45, 2.75) is 38.1 Å².